The molecule has 1 heterocycles. The van der Waals surface area contributed by atoms with Crippen molar-refractivity contribution in [1.29, 1.82) is 5.26 Å². The van der Waals surface area contributed by atoms with Crippen molar-refractivity contribution in [2.24, 2.45) is 0 Å². The van der Waals surface area contributed by atoms with Gasteiger partial charge in [0.2, 0.25) is 0 Å². The summed E-state index contributed by atoms with van der Waals surface area (Å²) in [4.78, 5) is 10.3. The molecule has 1 rings (SSSR count). The number of nitrogens with zero attached hydrogens (tertiary/aromatic N) is 4. The molecule has 6 heteroatoms. The van der Waals surface area contributed by atoms with E-state index < -0.39 is 5.97 Å². The molecule has 0 aliphatic heterocycles. The van der Waals surface area contributed by atoms with E-state index in [1.165, 1.54) is 10.9 Å². The Morgan fingerprint density at radius 2 is 2.58 bits per heavy atom. The Kier molecular flexibility index (Phi) is 2.38. The van der Waals surface area contributed by atoms with Crippen molar-refractivity contribution in [1.82, 2.24) is 15.0 Å². The zero-order valence-electron chi connectivity index (χ0n) is 6.14. The number of carboxylic acids is 1. The van der Waals surface area contributed by atoms with Crippen LogP contribution in [0.3, 0.4) is 0 Å². The third-order valence-electron chi connectivity index (χ3n) is 1.21. The Labute approximate surface area is 68.0 Å². The zero-order chi connectivity index (χ0) is 8.97. The molecule has 0 unspecified atom stereocenters. The number of aromatic nitrogens is 3. The summed E-state index contributed by atoms with van der Waals surface area (Å²) in [7, 11) is 0. The topological polar surface area (TPSA) is 91.8 Å². The maximum absolute atomic E-state index is 10.3. The largest absolute Gasteiger partial charge is 0.476 e. The van der Waals surface area contributed by atoms with Crippen LogP contribution < -0.4 is 0 Å². The highest BCUT2D eigenvalue weighted by Gasteiger charge is 2.06. The molecule has 1 aromatic rings. The van der Waals surface area contributed by atoms with Crippen molar-refractivity contribution in [3.05, 3.63) is 11.9 Å². The summed E-state index contributed by atoms with van der Waals surface area (Å²) < 4.78 is 1.33. The molecule has 0 fully saturated rings. The second kappa shape index (κ2) is 3.48. The van der Waals surface area contributed by atoms with Crippen LogP contribution in [0.4, 0.5) is 0 Å². The number of aryl methyl sites for hydroxylation is 1. The van der Waals surface area contributed by atoms with Crippen LogP contribution >= 0.6 is 0 Å². The lowest BCUT2D eigenvalue weighted by Crippen LogP contribution is -1.97. The van der Waals surface area contributed by atoms with Gasteiger partial charge >= 0.3 is 5.97 Å². The fourth-order valence-corrected chi connectivity index (χ4v) is 0.670. The van der Waals surface area contributed by atoms with E-state index in [1.807, 2.05) is 6.07 Å². The predicted molar refractivity (Wildman–Crippen MR) is 37.2 cm³/mol. The third-order valence-corrected chi connectivity index (χ3v) is 1.21. The fourth-order valence-electron chi connectivity index (χ4n) is 0.670. The molecular formula is C6H6N4O2. The van der Waals surface area contributed by atoms with E-state index in [-0.39, 0.29) is 5.69 Å². The normalized spacial score (nSPS) is 9.25. The zero-order valence-corrected chi connectivity index (χ0v) is 6.14. The standard InChI is InChI=1S/C6H6N4O2/c7-2-1-3-10-4-5(6(11)12)8-9-10/h4H,1,3H2,(H,11,12). The molecule has 12 heavy (non-hydrogen) atoms. The molecule has 0 atom stereocenters. The molecule has 0 aromatic carbocycles. The van der Waals surface area contributed by atoms with Crippen LogP contribution in [0.2, 0.25) is 0 Å². The SMILES string of the molecule is N#CCCn1cc(C(=O)O)nn1. The van der Waals surface area contributed by atoms with Crippen molar-refractivity contribution >= 4 is 5.97 Å². The van der Waals surface area contributed by atoms with Crippen LogP contribution in [0.25, 0.3) is 0 Å². The minimum Gasteiger partial charge on any atom is -0.476 e. The Hall–Kier alpha value is -1.90. The summed E-state index contributed by atoms with van der Waals surface area (Å²) >= 11 is 0. The van der Waals surface area contributed by atoms with Crippen LogP contribution in [0.5, 0.6) is 0 Å². The first kappa shape index (κ1) is 8.20. The molecule has 0 aliphatic carbocycles. The molecule has 0 spiro atoms. The summed E-state index contributed by atoms with van der Waals surface area (Å²) in [6.07, 6.45) is 1.59. The molecular weight excluding hydrogens is 160 g/mol. The van der Waals surface area contributed by atoms with E-state index in [9.17, 15) is 4.79 Å². The van der Waals surface area contributed by atoms with E-state index in [4.69, 9.17) is 10.4 Å². The second-order valence-corrected chi connectivity index (χ2v) is 2.08. The van der Waals surface area contributed by atoms with Gasteiger partial charge in [0.15, 0.2) is 5.69 Å². The molecule has 0 radical (unpaired) electrons. The summed E-state index contributed by atoms with van der Waals surface area (Å²) in [5.41, 5.74) is -0.104. The van der Waals surface area contributed by atoms with Crippen molar-refractivity contribution < 1.29 is 9.90 Å². The Morgan fingerprint density at radius 1 is 1.83 bits per heavy atom. The van der Waals surface area contributed by atoms with Gasteiger partial charge in [-0.05, 0) is 0 Å². The van der Waals surface area contributed by atoms with Crippen LogP contribution in [-0.2, 0) is 6.54 Å². The molecule has 0 saturated heterocycles. The Morgan fingerprint density at radius 3 is 3.08 bits per heavy atom. The molecule has 1 N–H and O–H groups in total. The maximum atomic E-state index is 10.3. The number of carbonyl (C=O) groups is 1. The highest BCUT2D eigenvalue weighted by atomic mass is 16.4. The smallest absolute Gasteiger partial charge is 0.358 e. The molecule has 0 saturated carbocycles. The molecule has 1 aromatic heterocycles. The fraction of sp³-hybridized carbons (Fsp3) is 0.333. The van der Waals surface area contributed by atoms with Crippen molar-refractivity contribution in [3.63, 3.8) is 0 Å². The van der Waals surface area contributed by atoms with Crippen LogP contribution in [0.1, 0.15) is 16.9 Å². The molecule has 0 amide bonds. The average molecular weight is 166 g/mol. The maximum Gasteiger partial charge on any atom is 0.358 e. The van der Waals surface area contributed by atoms with E-state index >= 15 is 0 Å². The second-order valence-electron chi connectivity index (χ2n) is 2.08. The number of carboxylic acid groups (broad SMARTS) is 1. The number of aromatic carboxylic acids is 1. The van der Waals surface area contributed by atoms with Gasteiger partial charge < -0.3 is 5.11 Å². The van der Waals surface area contributed by atoms with Crippen LogP contribution in [0, 0.1) is 11.3 Å². The summed E-state index contributed by atoms with van der Waals surface area (Å²) in [6.45, 7) is 0.372. The van der Waals surface area contributed by atoms with Gasteiger partial charge in [0.1, 0.15) is 0 Å². The van der Waals surface area contributed by atoms with Crippen LogP contribution in [0.15, 0.2) is 6.20 Å². The number of rotatable bonds is 3. The molecule has 0 aliphatic rings. The highest BCUT2D eigenvalue weighted by molar-refractivity contribution is 5.84. The van der Waals surface area contributed by atoms with Gasteiger partial charge in [0.25, 0.3) is 0 Å². The lowest BCUT2D eigenvalue weighted by atomic mass is 10.4. The quantitative estimate of drug-likeness (QED) is 0.676. The molecule has 6 nitrogen and oxygen atoms in total. The van der Waals surface area contributed by atoms with E-state index in [2.05, 4.69) is 10.3 Å². The van der Waals surface area contributed by atoms with Crippen molar-refractivity contribution in [2.75, 3.05) is 0 Å². The first-order valence-corrected chi connectivity index (χ1v) is 3.24. The van der Waals surface area contributed by atoms with Crippen molar-refractivity contribution in [3.8, 4) is 6.07 Å². The number of hydrogen-bond acceptors (Lipinski definition) is 4. The third kappa shape index (κ3) is 1.79. The molecule has 62 valence electrons. The van der Waals surface area contributed by atoms with Gasteiger partial charge in [-0.15, -0.1) is 5.10 Å². The van der Waals surface area contributed by atoms with Gasteiger partial charge in [0.05, 0.1) is 25.2 Å². The van der Waals surface area contributed by atoms with Gasteiger partial charge in [-0.2, -0.15) is 5.26 Å². The van der Waals surface area contributed by atoms with Gasteiger partial charge in [-0.1, -0.05) is 5.21 Å². The average Bonchev–Trinajstić information content (AvgIpc) is 2.48. The monoisotopic (exact) mass is 166 g/mol. The summed E-state index contributed by atoms with van der Waals surface area (Å²) in [5, 5.41) is 23.5. The van der Waals surface area contributed by atoms with E-state index in [1.54, 1.807) is 0 Å². The van der Waals surface area contributed by atoms with Crippen LogP contribution in [-0.4, -0.2) is 26.1 Å². The Balaban J connectivity index is 2.66. The van der Waals surface area contributed by atoms with Gasteiger partial charge in [-0.25, -0.2) is 4.79 Å². The summed E-state index contributed by atoms with van der Waals surface area (Å²) in [5.74, 6) is -1.11. The highest BCUT2D eigenvalue weighted by Crippen LogP contribution is 1.93. The van der Waals surface area contributed by atoms with Gasteiger partial charge in [-0.3, -0.25) is 4.68 Å². The lowest BCUT2D eigenvalue weighted by molar-refractivity contribution is 0.0690. The lowest BCUT2D eigenvalue weighted by Gasteiger charge is -1.90. The van der Waals surface area contributed by atoms with E-state index in [0.29, 0.717) is 13.0 Å². The van der Waals surface area contributed by atoms with E-state index in [0.717, 1.165) is 0 Å². The number of nitriles is 1. The predicted octanol–water partition coefficient (Wildman–Crippen LogP) is -0.110. The summed E-state index contributed by atoms with van der Waals surface area (Å²) in [6, 6.07) is 1.92. The first-order chi connectivity index (χ1) is 5.74. The van der Waals surface area contributed by atoms with Crippen molar-refractivity contribution in [2.45, 2.75) is 13.0 Å². The first-order valence-electron chi connectivity index (χ1n) is 3.24. The van der Waals surface area contributed by atoms with Gasteiger partial charge in [0, 0.05) is 0 Å². The molecule has 0 bridgehead atoms. The minimum absolute atomic E-state index is 0.104. The Bertz CT molecular complexity index is 325. The number of hydrogen-bond donors (Lipinski definition) is 1. The minimum atomic E-state index is -1.11.